The molecule has 0 unspecified atom stereocenters. The Morgan fingerprint density at radius 2 is 2.07 bits per heavy atom. The molecule has 3 aliphatic rings. The molecule has 0 spiro atoms. The van der Waals surface area contributed by atoms with Crippen LogP contribution in [0.4, 0.5) is 14.5 Å². The van der Waals surface area contributed by atoms with Crippen LogP contribution in [-0.2, 0) is 30.7 Å². The first-order chi connectivity index (χ1) is 13.6. The second-order valence-electron chi connectivity index (χ2n) is 7.91. The molecule has 0 saturated carbocycles. The Morgan fingerprint density at radius 3 is 2.93 bits per heavy atom. The lowest BCUT2D eigenvalue weighted by atomic mass is 10.1. The van der Waals surface area contributed by atoms with Gasteiger partial charge >= 0.3 is 0 Å². The van der Waals surface area contributed by atoms with E-state index >= 15 is 0 Å². The number of aromatic nitrogens is 2. The van der Waals surface area contributed by atoms with Crippen molar-refractivity contribution in [2.45, 2.75) is 45.2 Å². The second-order valence-corrected chi connectivity index (χ2v) is 7.91. The molecule has 0 radical (unpaired) electrons. The highest BCUT2D eigenvalue weighted by atomic mass is 19.3. The molecule has 1 amide bonds. The minimum absolute atomic E-state index is 0.106. The van der Waals surface area contributed by atoms with Crippen LogP contribution in [0.5, 0.6) is 0 Å². The van der Waals surface area contributed by atoms with E-state index in [4.69, 9.17) is 0 Å². The summed E-state index contributed by atoms with van der Waals surface area (Å²) < 4.78 is 25.8. The fourth-order valence-electron chi connectivity index (χ4n) is 4.78. The van der Waals surface area contributed by atoms with E-state index in [0.717, 1.165) is 25.0 Å². The number of fused-ring (bicyclic) bond motifs is 3. The van der Waals surface area contributed by atoms with Crippen LogP contribution < -0.4 is 4.90 Å². The van der Waals surface area contributed by atoms with E-state index in [1.807, 2.05) is 16.0 Å². The molecule has 146 valence electrons. The first-order valence-electron chi connectivity index (χ1n) is 9.86. The summed E-state index contributed by atoms with van der Waals surface area (Å²) in [6.07, 6.45) is 4.90. The van der Waals surface area contributed by atoms with E-state index in [9.17, 15) is 13.6 Å². The Labute approximate surface area is 162 Å². The van der Waals surface area contributed by atoms with Gasteiger partial charge in [0.2, 0.25) is 5.91 Å². The van der Waals surface area contributed by atoms with Crippen LogP contribution in [0, 0.1) is 5.92 Å². The molecule has 1 saturated heterocycles. The fraction of sp³-hybridized carbons (Fsp3) is 0.476. The number of alkyl halides is 2. The molecule has 1 aliphatic carbocycles. The minimum atomic E-state index is -2.59. The third-order valence-electron chi connectivity index (χ3n) is 6.24. The maximum absolute atomic E-state index is 13.1. The van der Waals surface area contributed by atoms with Gasteiger partial charge in [0.1, 0.15) is 5.69 Å². The third kappa shape index (κ3) is 2.93. The number of nitrogens with zero attached hydrogens (tertiary/aromatic N) is 4. The summed E-state index contributed by atoms with van der Waals surface area (Å²) in [6, 6.07) is 3.16. The van der Waals surface area contributed by atoms with Crippen LogP contribution in [0.25, 0.3) is 0 Å². The van der Waals surface area contributed by atoms with Gasteiger partial charge in [-0.05, 0) is 54.5 Å². The highest BCUT2D eigenvalue weighted by Gasteiger charge is 2.36. The zero-order chi connectivity index (χ0) is 19.3. The maximum atomic E-state index is 13.1. The van der Waals surface area contributed by atoms with Gasteiger partial charge in [0.25, 0.3) is 6.43 Å². The monoisotopic (exact) mass is 384 g/mol. The number of carbonyl (C=O) groups excluding carboxylic acids is 1. The smallest absolute Gasteiger partial charge is 0.280 e. The maximum Gasteiger partial charge on any atom is 0.280 e. The topological polar surface area (TPSA) is 49.3 Å². The van der Waals surface area contributed by atoms with Crippen molar-refractivity contribution in [3.05, 3.63) is 52.6 Å². The number of aryl methyl sites for hydroxylation is 1. The van der Waals surface area contributed by atoms with E-state index in [1.165, 1.54) is 35.4 Å². The average Bonchev–Trinajstić information content (AvgIpc) is 3.45. The van der Waals surface area contributed by atoms with E-state index in [2.05, 4.69) is 9.97 Å². The number of anilines is 1. The predicted octanol–water partition coefficient (Wildman–Crippen LogP) is 3.27. The van der Waals surface area contributed by atoms with Crippen molar-refractivity contribution < 1.29 is 13.6 Å². The van der Waals surface area contributed by atoms with Crippen molar-refractivity contribution in [1.29, 1.82) is 0 Å². The van der Waals surface area contributed by atoms with Crippen LogP contribution in [-0.4, -0.2) is 33.9 Å². The van der Waals surface area contributed by atoms with E-state index in [0.29, 0.717) is 31.9 Å². The fourth-order valence-corrected chi connectivity index (χ4v) is 4.78. The van der Waals surface area contributed by atoms with Crippen LogP contribution >= 0.6 is 0 Å². The molecular formula is C21H22F2N4O. The Balaban J connectivity index is 1.28. The van der Waals surface area contributed by atoms with Gasteiger partial charge in [0.05, 0.1) is 18.2 Å². The van der Waals surface area contributed by atoms with E-state index in [1.54, 1.807) is 6.07 Å². The molecule has 2 aromatic heterocycles. The molecule has 1 fully saturated rings. The summed E-state index contributed by atoms with van der Waals surface area (Å²) in [7, 11) is 0. The number of hydrogen-bond donors (Lipinski definition) is 0. The highest BCUT2D eigenvalue weighted by Crippen LogP contribution is 2.34. The van der Waals surface area contributed by atoms with Crippen LogP contribution in [0.2, 0.25) is 0 Å². The average molecular weight is 384 g/mol. The lowest BCUT2D eigenvalue weighted by Crippen LogP contribution is -2.34. The lowest BCUT2D eigenvalue weighted by Gasteiger charge is -2.22. The molecule has 2 aromatic rings. The van der Waals surface area contributed by atoms with E-state index < -0.39 is 6.43 Å². The quantitative estimate of drug-likeness (QED) is 0.815. The van der Waals surface area contributed by atoms with E-state index in [-0.39, 0.29) is 17.5 Å². The van der Waals surface area contributed by atoms with Crippen molar-refractivity contribution in [3.8, 4) is 0 Å². The molecule has 2 aliphatic heterocycles. The number of pyridine rings is 2. The Kier molecular flexibility index (Phi) is 4.25. The van der Waals surface area contributed by atoms with Crippen LogP contribution in [0.1, 0.15) is 47.3 Å². The van der Waals surface area contributed by atoms with Crippen molar-refractivity contribution in [1.82, 2.24) is 14.9 Å². The number of hydrogen-bond acceptors (Lipinski definition) is 4. The van der Waals surface area contributed by atoms with Crippen LogP contribution in [0.3, 0.4) is 0 Å². The SMILES string of the molecule is O=C([C@@H]1CCN(c2ccnc(C(F)F)c2)C1)N1Cc2ncc3c(c2C1)CCC3. The van der Waals surface area contributed by atoms with Crippen LogP contribution in [0.15, 0.2) is 24.5 Å². The Hall–Kier alpha value is -2.57. The number of amides is 1. The highest BCUT2D eigenvalue weighted by molar-refractivity contribution is 5.81. The number of rotatable bonds is 3. The normalized spacial score (nSPS) is 20.8. The molecule has 0 aromatic carbocycles. The Bertz CT molecular complexity index is 933. The summed E-state index contributed by atoms with van der Waals surface area (Å²) in [6.45, 7) is 2.50. The van der Waals surface area contributed by atoms with Gasteiger partial charge in [-0.3, -0.25) is 14.8 Å². The predicted molar refractivity (Wildman–Crippen MR) is 100 cm³/mol. The standard InChI is InChI=1S/C21H22F2N4O/c22-20(23)18-8-15(4-6-24-18)26-7-5-14(10-26)21(28)27-11-17-16-3-1-2-13(16)9-25-19(17)12-27/h4,6,8-9,14,20H,1-3,5,7,10-12H2/t14-/m1/s1. The molecule has 5 rings (SSSR count). The first kappa shape index (κ1) is 17.5. The molecule has 0 N–H and O–H groups in total. The van der Waals surface area contributed by atoms with Gasteiger partial charge < -0.3 is 9.80 Å². The molecule has 4 heterocycles. The molecule has 0 bridgehead atoms. The van der Waals surface area contributed by atoms with Crippen molar-refractivity contribution in [3.63, 3.8) is 0 Å². The largest absolute Gasteiger partial charge is 0.371 e. The first-order valence-corrected chi connectivity index (χ1v) is 9.86. The molecule has 5 nitrogen and oxygen atoms in total. The Morgan fingerprint density at radius 1 is 1.18 bits per heavy atom. The van der Waals surface area contributed by atoms with Gasteiger partial charge in [-0.25, -0.2) is 8.78 Å². The van der Waals surface area contributed by atoms with Crippen molar-refractivity contribution in [2.24, 2.45) is 5.92 Å². The summed E-state index contributed by atoms with van der Waals surface area (Å²) in [5, 5.41) is 0. The lowest BCUT2D eigenvalue weighted by molar-refractivity contribution is -0.135. The molecule has 28 heavy (non-hydrogen) atoms. The summed E-state index contributed by atoms with van der Waals surface area (Å²) >= 11 is 0. The zero-order valence-electron chi connectivity index (χ0n) is 15.6. The minimum Gasteiger partial charge on any atom is -0.371 e. The molecular weight excluding hydrogens is 362 g/mol. The summed E-state index contributed by atoms with van der Waals surface area (Å²) in [5.74, 6) is 0.0425. The number of halogens is 2. The van der Waals surface area contributed by atoms with Gasteiger partial charge in [0, 0.05) is 37.7 Å². The van der Waals surface area contributed by atoms with Gasteiger partial charge in [-0.2, -0.15) is 0 Å². The van der Waals surface area contributed by atoms with Gasteiger partial charge in [-0.15, -0.1) is 0 Å². The van der Waals surface area contributed by atoms with Gasteiger partial charge in [-0.1, -0.05) is 0 Å². The summed E-state index contributed by atoms with van der Waals surface area (Å²) in [5.41, 5.74) is 5.54. The summed E-state index contributed by atoms with van der Waals surface area (Å²) in [4.78, 5) is 25.4. The second kappa shape index (κ2) is 6.79. The third-order valence-corrected chi connectivity index (χ3v) is 6.24. The van der Waals surface area contributed by atoms with Crippen molar-refractivity contribution >= 4 is 11.6 Å². The van der Waals surface area contributed by atoms with Gasteiger partial charge in [0.15, 0.2) is 0 Å². The zero-order valence-corrected chi connectivity index (χ0v) is 15.6. The van der Waals surface area contributed by atoms with Crippen molar-refractivity contribution in [2.75, 3.05) is 18.0 Å². The molecule has 7 heteroatoms. The molecule has 1 atom stereocenters. The number of carbonyl (C=O) groups is 1.